The molecule has 0 saturated heterocycles. The van der Waals surface area contributed by atoms with Gasteiger partial charge in [-0.2, -0.15) is 18.3 Å². The number of hydrogen-bond donors (Lipinski definition) is 2. The third-order valence-corrected chi connectivity index (χ3v) is 5.39. The number of carbonyl (C=O) groups excluding carboxylic acids is 1. The van der Waals surface area contributed by atoms with Gasteiger partial charge in [-0.15, -0.1) is 0 Å². The third kappa shape index (κ3) is 4.91. The fourth-order valence-electron chi connectivity index (χ4n) is 3.20. The number of amides is 1. The largest absolute Gasteiger partial charge is 0.416 e. The third-order valence-electron chi connectivity index (χ3n) is 4.74. The first-order chi connectivity index (χ1) is 14.2. The Morgan fingerprint density at radius 1 is 1.23 bits per heavy atom. The number of rotatable bonds is 6. The van der Waals surface area contributed by atoms with Crippen molar-refractivity contribution in [3.63, 3.8) is 0 Å². The lowest BCUT2D eigenvalue weighted by Gasteiger charge is -2.20. The Hall–Kier alpha value is -2.65. The van der Waals surface area contributed by atoms with Crippen molar-refractivity contribution in [3.8, 4) is 11.3 Å². The molecule has 1 heterocycles. The van der Waals surface area contributed by atoms with E-state index in [1.54, 1.807) is 29.1 Å². The summed E-state index contributed by atoms with van der Waals surface area (Å²) in [5.74, 6) is -0.410. The van der Waals surface area contributed by atoms with Crippen LogP contribution in [0, 0.1) is 0 Å². The van der Waals surface area contributed by atoms with Gasteiger partial charge in [0.05, 0.1) is 11.3 Å². The minimum Gasteiger partial charge on any atom is -0.348 e. The Balaban J connectivity index is 1.77. The van der Waals surface area contributed by atoms with Crippen LogP contribution in [0.2, 0.25) is 0 Å². The van der Waals surface area contributed by atoms with Crippen LogP contribution in [0.5, 0.6) is 0 Å². The molecule has 3 aromatic rings. The summed E-state index contributed by atoms with van der Waals surface area (Å²) in [7, 11) is 1.81. The van der Waals surface area contributed by atoms with Gasteiger partial charge in [0.25, 0.3) is 5.91 Å². The number of aromatic nitrogens is 2. The van der Waals surface area contributed by atoms with E-state index in [0.717, 1.165) is 17.3 Å². The fourth-order valence-corrected chi connectivity index (χ4v) is 3.79. The minimum atomic E-state index is -4.47. The van der Waals surface area contributed by atoms with Crippen molar-refractivity contribution in [2.45, 2.75) is 18.6 Å². The zero-order chi connectivity index (χ0) is 21.9. The second kappa shape index (κ2) is 9.01. The number of alkyl halides is 3. The van der Waals surface area contributed by atoms with Gasteiger partial charge in [0.1, 0.15) is 0 Å². The van der Waals surface area contributed by atoms with E-state index >= 15 is 0 Å². The van der Waals surface area contributed by atoms with Gasteiger partial charge in [-0.05, 0) is 36.2 Å². The first-order valence-corrected chi connectivity index (χ1v) is 9.94. The predicted octanol–water partition coefficient (Wildman–Crippen LogP) is 4.17. The van der Waals surface area contributed by atoms with E-state index in [-0.39, 0.29) is 18.5 Å². The van der Waals surface area contributed by atoms with Crippen LogP contribution in [0.25, 0.3) is 11.3 Å². The molecule has 1 atom stereocenters. The first kappa shape index (κ1) is 22.0. The minimum absolute atomic E-state index is 0.00615. The lowest BCUT2D eigenvalue weighted by Crippen LogP contribution is -2.42. The molecule has 0 saturated carbocycles. The zero-order valence-corrected chi connectivity index (χ0v) is 17.7. The number of nitrogens with zero attached hydrogens (tertiary/aromatic N) is 2. The molecule has 0 spiro atoms. The van der Waals surface area contributed by atoms with Gasteiger partial charge in [0.15, 0.2) is 0 Å². The normalized spacial score (nSPS) is 12.6. The van der Waals surface area contributed by atoms with Crippen molar-refractivity contribution in [2.75, 3.05) is 6.54 Å². The summed E-state index contributed by atoms with van der Waals surface area (Å²) in [6.07, 6.45) is -2.81. The van der Waals surface area contributed by atoms with E-state index in [1.165, 1.54) is 18.2 Å². The molecule has 0 fully saturated rings. The van der Waals surface area contributed by atoms with Gasteiger partial charge >= 0.3 is 6.18 Å². The van der Waals surface area contributed by atoms with Crippen molar-refractivity contribution in [3.05, 3.63) is 75.9 Å². The topological polar surface area (TPSA) is 72.9 Å². The molecule has 5 nitrogen and oxygen atoms in total. The van der Waals surface area contributed by atoms with Crippen molar-refractivity contribution < 1.29 is 18.0 Å². The molecule has 3 rings (SSSR count). The summed E-state index contributed by atoms with van der Waals surface area (Å²) in [6, 6.07) is 11.6. The Morgan fingerprint density at radius 3 is 2.57 bits per heavy atom. The molecule has 0 unspecified atom stereocenters. The molecular weight excluding hydrogens is 461 g/mol. The number of carbonyl (C=O) groups is 1. The zero-order valence-electron chi connectivity index (χ0n) is 16.1. The van der Waals surface area contributed by atoms with Gasteiger partial charge in [0.2, 0.25) is 0 Å². The van der Waals surface area contributed by atoms with Crippen LogP contribution in [0.15, 0.2) is 59.2 Å². The average Bonchev–Trinajstić information content (AvgIpc) is 3.12. The number of halogens is 4. The van der Waals surface area contributed by atoms with Gasteiger partial charge in [-0.25, -0.2) is 0 Å². The van der Waals surface area contributed by atoms with E-state index in [0.29, 0.717) is 10.0 Å². The summed E-state index contributed by atoms with van der Waals surface area (Å²) >= 11 is 3.47. The summed E-state index contributed by atoms with van der Waals surface area (Å²) in [5.41, 5.74) is 7.20. The second-order valence-electron chi connectivity index (χ2n) is 6.80. The molecule has 30 heavy (non-hydrogen) atoms. The highest BCUT2D eigenvalue weighted by Crippen LogP contribution is 2.32. The molecule has 0 radical (unpaired) electrons. The van der Waals surface area contributed by atoms with Crippen LogP contribution < -0.4 is 11.1 Å². The lowest BCUT2D eigenvalue weighted by atomic mass is 9.99. The maximum Gasteiger partial charge on any atom is 0.416 e. The molecule has 158 valence electrons. The number of nitrogens with one attached hydrogen (secondary N) is 1. The van der Waals surface area contributed by atoms with E-state index < -0.39 is 23.7 Å². The van der Waals surface area contributed by atoms with Gasteiger partial charge in [-0.1, -0.05) is 40.2 Å². The number of benzene rings is 2. The van der Waals surface area contributed by atoms with Gasteiger partial charge in [0, 0.05) is 41.4 Å². The van der Waals surface area contributed by atoms with Crippen LogP contribution in [-0.2, 0) is 19.6 Å². The Bertz CT molecular complexity index is 1050. The highest BCUT2D eigenvalue weighted by Gasteiger charge is 2.33. The summed E-state index contributed by atoms with van der Waals surface area (Å²) in [6.45, 7) is 0.00615. The first-order valence-electron chi connectivity index (χ1n) is 9.14. The molecular formula is C21H20BrF3N4O. The molecule has 2 aromatic carbocycles. The fraction of sp³-hybridized carbons (Fsp3) is 0.238. The SMILES string of the molecule is Cn1nccc1-c1ccc(C(=O)N[C@@H](CN)Cc2ccccc2C(F)(F)F)cc1Br. The second-order valence-corrected chi connectivity index (χ2v) is 7.65. The average molecular weight is 481 g/mol. The van der Waals surface area contributed by atoms with Crippen LogP contribution in [-0.4, -0.2) is 28.3 Å². The highest BCUT2D eigenvalue weighted by atomic mass is 79.9. The Morgan fingerprint density at radius 2 is 1.97 bits per heavy atom. The predicted molar refractivity (Wildman–Crippen MR) is 112 cm³/mol. The van der Waals surface area contributed by atoms with E-state index in [4.69, 9.17) is 5.73 Å². The van der Waals surface area contributed by atoms with Crippen LogP contribution in [0.3, 0.4) is 0 Å². The number of hydrogen-bond acceptors (Lipinski definition) is 3. The van der Waals surface area contributed by atoms with Crippen molar-refractivity contribution in [2.24, 2.45) is 12.8 Å². The van der Waals surface area contributed by atoms with Crippen molar-refractivity contribution in [1.29, 1.82) is 0 Å². The quantitative estimate of drug-likeness (QED) is 0.556. The smallest absolute Gasteiger partial charge is 0.348 e. The highest BCUT2D eigenvalue weighted by molar-refractivity contribution is 9.10. The van der Waals surface area contributed by atoms with E-state index in [9.17, 15) is 18.0 Å². The van der Waals surface area contributed by atoms with Gasteiger partial charge in [-0.3, -0.25) is 9.48 Å². The Labute approximate surface area is 180 Å². The molecule has 1 aromatic heterocycles. The monoisotopic (exact) mass is 480 g/mol. The van der Waals surface area contributed by atoms with Gasteiger partial charge < -0.3 is 11.1 Å². The van der Waals surface area contributed by atoms with Crippen molar-refractivity contribution in [1.82, 2.24) is 15.1 Å². The lowest BCUT2D eigenvalue weighted by molar-refractivity contribution is -0.138. The number of nitrogens with two attached hydrogens (primary N) is 1. The standard InChI is InChI=1S/C21H20BrF3N4O/c1-29-19(8-9-27-29)16-7-6-14(11-18(16)22)20(30)28-15(12-26)10-13-4-2-3-5-17(13)21(23,24)25/h2-9,11,15H,10,12,26H2,1H3,(H,28,30)/t15-/m1/s1. The molecule has 1 amide bonds. The Kier molecular flexibility index (Phi) is 6.62. The van der Waals surface area contributed by atoms with Crippen molar-refractivity contribution >= 4 is 21.8 Å². The van der Waals surface area contributed by atoms with E-state index in [1.807, 2.05) is 13.1 Å². The van der Waals surface area contributed by atoms with Crippen LogP contribution in [0.4, 0.5) is 13.2 Å². The maximum absolute atomic E-state index is 13.2. The summed E-state index contributed by atoms with van der Waals surface area (Å²) in [5, 5.41) is 6.86. The molecule has 0 aliphatic carbocycles. The number of aryl methyl sites for hydroxylation is 1. The van der Waals surface area contributed by atoms with Crippen LogP contribution in [0.1, 0.15) is 21.5 Å². The van der Waals surface area contributed by atoms with Crippen LogP contribution >= 0.6 is 15.9 Å². The molecule has 0 bridgehead atoms. The molecule has 0 aliphatic heterocycles. The molecule has 0 aliphatic rings. The summed E-state index contributed by atoms with van der Waals surface area (Å²) < 4.78 is 42.1. The molecule has 3 N–H and O–H groups in total. The summed E-state index contributed by atoms with van der Waals surface area (Å²) in [4.78, 5) is 12.7. The maximum atomic E-state index is 13.2. The molecule has 9 heteroatoms. The van der Waals surface area contributed by atoms with E-state index in [2.05, 4.69) is 26.3 Å².